The average Bonchev–Trinajstić information content (AvgIpc) is 2.57. The summed E-state index contributed by atoms with van der Waals surface area (Å²) >= 11 is 0. The molecule has 2 N–H and O–H groups in total. The van der Waals surface area contributed by atoms with E-state index in [1.807, 2.05) is 62.4 Å². The molecule has 128 valence electrons. The average molecular weight is 327 g/mol. The zero-order chi connectivity index (χ0) is 17.7. The van der Waals surface area contributed by atoms with Crippen molar-refractivity contribution in [1.29, 1.82) is 0 Å². The molecule has 0 bridgehead atoms. The highest BCUT2D eigenvalue weighted by Crippen LogP contribution is 2.22. The van der Waals surface area contributed by atoms with Gasteiger partial charge < -0.3 is 15.2 Å². The van der Waals surface area contributed by atoms with E-state index in [1.165, 1.54) is 0 Å². The van der Waals surface area contributed by atoms with E-state index in [2.05, 4.69) is 5.32 Å². The molecule has 0 saturated carbocycles. The third kappa shape index (κ3) is 4.36. The molecule has 1 amide bonds. The van der Waals surface area contributed by atoms with Gasteiger partial charge in [-0.1, -0.05) is 42.5 Å². The molecule has 0 spiro atoms. The summed E-state index contributed by atoms with van der Waals surface area (Å²) in [6.45, 7) is 7.48. The van der Waals surface area contributed by atoms with Gasteiger partial charge in [-0.15, -0.1) is 0 Å². The van der Waals surface area contributed by atoms with Crippen molar-refractivity contribution in [3.8, 4) is 5.75 Å². The number of aliphatic hydroxyl groups is 1. The third-order valence-corrected chi connectivity index (χ3v) is 4.23. The topological polar surface area (TPSA) is 58.6 Å². The van der Waals surface area contributed by atoms with Crippen molar-refractivity contribution in [2.24, 2.45) is 0 Å². The number of carbonyl (C=O) groups is 1. The predicted molar refractivity (Wildman–Crippen MR) is 95.0 cm³/mol. The zero-order valence-corrected chi connectivity index (χ0v) is 14.7. The van der Waals surface area contributed by atoms with Crippen LogP contribution in [0.4, 0.5) is 0 Å². The largest absolute Gasteiger partial charge is 0.481 e. The predicted octanol–water partition coefficient (Wildman–Crippen LogP) is 3.09. The standard InChI is InChI=1S/C20H25NO3/c1-14-9-8-12-18(15(14)2)24-16(3)19(22)21-13-20(4,23)17-10-6-5-7-11-17/h5-12,16,23H,13H2,1-4H3,(H,21,22)/t16-,20-/m1/s1. The summed E-state index contributed by atoms with van der Waals surface area (Å²) in [4.78, 5) is 12.3. The lowest BCUT2D eigenvalue weighted by molar-refractivity contribution is -0.128. The van der Waals surface area contributed by atoms with Crippen LogP contribution < -0.4 is 10.1 Å². The summed E-state index contributed by atoms with van der Waals surface area (Å²) in [5.41, 5.74) is 1.77. The van der Waals surface area contributed by atoms with E-state index in [9.17, 15) is 9.90 Å². The lowest BCUT2D eigenvalue weighted by Gasteiger charge is -2.25. The highest BCUT2D eigenvalue weighted by molar-refractivity contribution is 5.80. The van der Waals surface area contributed by atoms with Gasteiger partial charge in [-0.25, -0.2) is 0 Å². The molecule has 0 aliphatic heterocycles. The van der Waals surface area contributed by atoms with Gasteiger partial charge >= 0.3 is 0 Å². The van der Waals surface area contributed by atoms with E-state index in [4.69, 9.17) is 4.74 Å². The van der Waals surface area contributed by atoms with Crippen LogP contribution in [0.1, 0.15) is 30.5 Å². The van der Waals surface area contributed by atoms with Crippen LogP contribution in [0.3, 0.4) is 0 Å². The first-order chi connectivity index (χ1) is 11.3. The van der Waals surface area contributed by atoms with Crippen molar-refractivity contribution in [3.05, 3.63) is 65.2 Å². The van der Waals surface area contributed by atoms with Crippen LogP contribution in [0.5, 0.6) is 5.75 Å². The Hall–Kier alpha value is -2.33. The Morgan fingerprint density at radius 2 is 1.83 bits per heavy atom. The second-order valence-electron chi connectivity index (χ2n) is 6.32. The second kappa shape index (κ2) is 7.49. The number of benzene rings is 2. The van der Waals surface area contributed by atoms with Crippen LogP contribution in [0.2, 0.25) is 0 Å². The SMILES string of the molecule is Cc1cccc(O[C@H](C)C(=O)NC[C@@](C)(O)c2ccccc2)c1C. The molecule has 0 fully saturated rings. The number of hydrogen-bond donors (Lipinski definition) is 2. The maximum Gasteiger partial charge on any atom is 0.260 e. The molecule has 0 aromatic heterocycles. The molecule has 2 atom stereocenters. The molecule has 0 saturated heterocycles. The van der Waals surface area contributed by atoms with Crippen LogP contribution in [0.25, 0.3) is 0 Å². The van der Waals surface area contributed by atoms with E-state index in [1.54, 1.807) is 13.8 Å². The first kappa shape index (κ1) is 18.0. The minimum absolute atomic E-state index is 0.121. The van der Waals surface area contributed by atoms with Gasteiger partial charge in [0.2, 0.25) is 0 Å². The fourth-order valence-electron chi connectivity index (χ4n) is 2.40. The number of hydrogen-bond acceptors (Lipinski definition) is 3. The number of ether oxygens (including phenoxy) is 1. The summed E-state index contributed by atoms with van der Waals surface area (Å²) < 4.78 is 5.76. The number of nitrogens with one attached hydrogen (secondary N) is 1. The second-order valence-corrected chi connectivity index (χ2v) is 6.32. The van der Waals surface area contributed by atoms with Gasteiger partial charge in [0, 0.05) is 0 Å². The van der Waals surface area contributed by atoms with Crippen molar-refractivity contribution in [3.63, 3.8) is 0 Å². The van der Waals surface area contributed by atoms with Crippen LogP contribution in [0.15, 0.2) is 48.5 Å². The van der Waals surface area contributed by atoms with Gasteiger partial charge in [-0.2, -0.15) is 0 Å². The molecule has 0 unspecified atom stereocenters. The molecule has 0 aliphatic carbocycles. The number of aryl methyl sites for hydroxylation is 1. The monoisotopic (exact) mass is 327 g/mol. The van der Waals surface area contributed by atoms with Crippen molar-refractivity contribution in [2.45, 2.75) is 39.4 Å². The minimum atomic E-state index is -1.13. The van der Waals surface area contributed by atoms with Gasteiger partial charge in [0.25, 0.3) is 5.91 Å². The van der Waals surface area contributed by atoms with Crippen molar-refractivity contribution >= 4 is 5.91 Å². The molecule has 2 aromatic carbocycles. The van der Waals surface area contributed by atoms with E-state index in [0.717, 1.165) is 16.7 Å². The van der Waals surface area contributed by atoms with E-state index in [-0.39, 0.29) is 12.5 Å². The Morgan fingerprint density at radius 1 is 1.17 bits per heavy atom. The van der Waals surface area contributed by atoms with Crippen LogP contribution in [0, 0.1) is 13.8 Å². The summed E-state index contributed by atoms with van der Waals surface area (Å²) in [6.07, 6.45) is -0.642. The molecule has 4 heteroatoms. The highest BCUT2D eigenvalue weighted by atomic mass is 16.5. The normalized spacial score (nSPS) is 14.5. The lowest BCUT2D eigenvalue weighted by Crippen LogP contribution is -2.43. The minimum Gasteiger partial charge on any atom is -0.481 e. The highest BCUT2D eigenvalue weighted by Gasteiger charge is 2.25. The van der Waals surface area contributed by atoms with E-state index in [0.29, 0.717) is 5.75 Å². The molecule has 24 heavy (non-hydrogen) atoms. The van der Waals surface area contributed by atoms with Gasteiger partial charge in [0.1, 0.15) is 11.4 Å². The molecular weight excluding hydrogens is 302 g/mol. The Labute approximate surface area is 143 Å². The Balaban J connectivity index is 1.96. The van der Waals surface area contributed by atoms with Gasteiger partial charge in [0.15, 0.2) is 6.10 Å². The Bertz CT molecular complexity index is 695. The first-order valence-electron chi connectivity index (χ1n) is 8.10. The maximum atomic E-state index is 12.3. The Morgan fingerprint density at radius 3 is 2.50 bits per heavy atom. The van der Waals surface area contributed by atoms with Gasteiger partial charge in [-0.3, -0.25) is 4.79 Å². The lowest BCUT2D eigenvalue weighted by atomic mass is 9.96. The third-order valence-electron chi connectivity index (χ3n) is 4.23. The summed E-state index contributed by atoms with van der Waals surface area (Å²) in [5.74, 6) is 0.444. The van der Waals surface area contributed by atoms with Crippen molar-refractivity contribution < 1.29 is 14.6 Å². The Kier molecular flexibility index (Phi) is 5.62. The molecule has 2 aromatic rings. The zero-order valence-electron chi connectivity index (χ0n) is 14.7. The number of amides is 1. The fraction of sp³-hybridized carbons (Fsp3) is 0.350. The molecule has 4 nitrogen and oxygen atoms in total. The quantitative estimate of drug-likeness (QED) is 0.857. The fourth-order valence-corrected chi connectivity index (χ4v) is 2.40. The molecule has 0 aliphatic rings. The van der Waals surface area contributed by atoms with Crippen molar-refractivity contribution in [2.75, 3.05) is 6.54 Å². The van der Waals surface area contributed by atoms with E-state index < -0.39 is 11.7 Å². The number of rotatable bonds is 6. The van der Waals surface area contributed by atoms with Crippen LogP contribution in [-0.4, -0.2) is 23.7 Å². The molecular formula is C20H25NO3. The smallest absolute Gasteiger partial charge is 0.260 e. The summed E-state index contributed by atoms with van der Waals surface area (Å²) in [5, 5.41) is 13.3. The van der Waals surface area contributed by atoms with Gasteiger partial charge in [0.05, 0.1) is 6.54 Å². The van der Waals surface area contributed by atoms with Crippen molar-refractivity contribution in [1.82, 2.24) is 5.32 Å². The van der Waals surface area contributed by atoms with Crippen LogP contribution >= 0.6 is 0 Å². The summed E-state index contributed by atoms with van der Waals surface area (Å²) in [7, 11) is 0. The molecule has 0 radical (unpaired) electrons. The number of carbonyl (C=O) groups excluding carboxylic acids is 1. The van der Waals surface area contributed by atoms with E-state index >= 15 is 0 Å². The molecule has 0 heterocycles. The molecule has 2 rings (SSSR count). The first-order valence-corrected chi connectivity index (χ1v) is 8.10. The van der Waals surface area contributed by atoms with Gasteiger partial charge in [-0.05, 0) is 50.5 Å². The van der Waals surface area contributed by atoms with Crippen LogP contribution in [-0.2, 0) is 10.4 Å². The summed E-state index contributed by atoms with van der Waals surface area (Å²) in [6, 6.07) is 15.0. The maximum absolute atomic E-state index is 12.3.